The van der Waals surface area contributed by atoms with Gasteiger partial charge in [-0.05, 0) is 35.4 Å². The van der Waals surface area contributed by atoms with E-state index < -0.39 is 6.29 Å². The molecule has 3 aromatic carbocycles. The van der Waals surface area contributed by atoms with Gasteiger partial charge in [0, 0.05) is 24.3 Å². The zero-order valence-corrected chi connectivity index (χ0v) is 22.8. The lowest BCUT2D eigenvalue weighted by Crippen LogP contribution is -2.38. The Hall–Kier alpha value is -3.83. The maximum absolute atomic E-state index is 13.1. The average Bonchev–Trinajstić information content (AvgIpc) is 3.51. The third kappa shape index (κ3) is 4.84. The molecular weight excluding hydrogens is 528 g/mol. The highest BCUT2D eigenvalue weighted by Gasteiger charge is 2.40. The van der Waals surface area contributed by atoms with Crippen LogP contribution >= 0.6 is 11.8 Å². The molecule has 0 radical (unpaired) electrons. The molecule has 0 bridgehead atoms. The van der Waals surface area contributed by atoms with Crippen LogP contribution in [0.3, 0.4) is 0 Å². The predicted octanol–water partition coefficient (Wildman–Crippen LogP) is 4.69. The van der Waals surface area contributed by atoms with Crippen LogP contribution in [0.4, 0.5) is 5.69 Å². The fraction of sp³-hybridized carbons (Fsp3) is 0.267. The van der Waals surface area contributed by atoms with Crippen LogP contribution in [-0.4, -0.2) is 43.5 Å². The molecule has 204 valence electrons. The number of hydrogen-bond acceptors (Lipinski definition) is 8. The molecule has 1 fully saturated rings. The molecule has 0 spiro atoms. The Morgan fingerprint density at radius 2 is 1.65 bits per heavy atom. The van der Waals surface area contributed by atoms with Crippen LogP contribution in [0.25, 0.3) is 0 Å². The summed E-state index contributed by atoms with van der Waals surface area (Å²) in [6, 6.07) is 21.8. The van der Waals surface area contributed by atoms with E-state index >= 15 is 0 Å². The second-order valence-electron chi connectivity index (χ2n) is 9.94. The minimum absolute atomic E-state index is 0.00336. The molecule has 2 aliphatic rings. The van der Waals surface area contributed by atoms with Gasteiger partial charge >= 0.3 is 0 Å². The number of amides is 2. The maximum Gasteiger partial charge on any atom is 0.266 e. The minimum atomic E-state index is -0.737. The van der Waals surface area contributed by atoms with Gasteiger partial charge in [-0.3, -0.25) is 9.59 Å². The first kappa shape index (κ1) is 26.4. The van der Waals surface area contributed by atoms with Gasteiger partial charge in [0.05, 0.1) is 35.6 Å². The highest BCUT2D eigenvalue weighted by molar-refractivity contribution is 7.99. The van der Waals surface area contributed by atoms with Crippen LogP contribution < -0.4 is 4.90 Å². The number of aromatic nitrogens is 3. The number of aliphatic hydroxyl groups excluding tert-OH is 1. The van der Waals surface area contributed by atoms with Crippen molar-refractivity contribution in [2.45, 2.75) is 37.2 Å². The van der Waals surface area contributed by atoms with Crippen LogP contribution in [0.15, 0.2) is 84.3 Å². The van der Waals surface area contributed by atoms with E-state index in [2.05, 4.69) is 17.1 Å². The number of carbonyl (C=O) groups excluding carboxylic acids is 2. The van der Waals surface area contributed by atoms with Gasteiger partial charge in [-0.15, -0.1) is 10.2 Å². The topological polar surface area (TPSA) is 107 Å². The zero-order chi connectivity index (χ0) is 27.8. The number of aliphatic hydroxyl groups is 1. The van der Waals surface area contributed by atoms with E-state index in [-0.39, 0.29) is 36.5 Å². The molecule has 0 saturated carbocycles. The van der Waals surface area contributed by atoms with Crippen LogP contribution in [0.1, 0.15) is 56.7 Å². The van der Waals surface area contributed by atoms with E-state index in [4.69, 9.17) is 9.47 Å². The van der Waals surface area contributed by atoms with Gasteiger partial charge in [-0.1, -0.05) is 67.2 Å². The smallest absolute Gasteiger partial charge is 0.266 e. The number of benzene rings is 3. The Labute approximate surface area is 235 Å². The molecule has 2 aliphatic heterocycles. The fourth-order valence-corrected chi connectivity index (χ4v) is 6.16. The van der Waals surface area contributed by atoms with Crippen molar-refractivity contribution < 1.29 is 24.2 Å². The summed E-state index contributed by atoms with van der Waals surface area (Å²) in [5.74, 6) is -0.0821. The average molecular weight is 557 g/mol. The molecule has 2 amide bonds. The van der Waals surface area contributed by atoms with E-state index in [1.165, 1.54) is 4.90 Å². The third-order valence-electron chi connectivity index (χ3n) is 7.36. The second-order valence-corrected chi connectivity index (χ2v) is 10.9. The van der Waals surface area contributed by atoms with Crippen molar-refractivity contribution in [1.29, 1.82) is 0 Å². The summed E-state index contributed by atoms with van der Waals surface area (Å²) in [5.41, 5.74) is 3.74. The lowest BCUT2D eigenvalue weighted by Gasteiger charge is -2.41. The standard InChI is InChI=1S/C30H28N4O5S/c1-18-25(16-40-30-32-31-17-33(30)2)38-29(39-26(18)20-12-10-19(15-35)11-13-20)21-6-5-7-22(14-21)34-27(36)23-8-3-4-9-24(23)28(34)37/h3-14,17-18,25-26,29,35H,15-16H2,1-2H3. The number of ether oxygens (including phenoxy) is 2. The number of hydrogen-bond donors (Lipinski definition) is 1. The molecule has 3 heterocycles. The number of nitrogens with zero attached hydrogens (tertiary/aromatic N) is 4. The Balaban J connectivity index is 1.30. The van der Waals surface area contributed by atoms with Gasteiger partial charge in [0.25, 0.3) is 11.8 Å². The van der Waals surface area contributed by atoms with Crippen molar-refractivity contribution >= 4 is 29.3 Å². The molecule has 4 unspecified atom stereocenters. The van der Waals surface area contributed by atoms with Crippen molar-refractivity contribution in [3.8, 4) is 0 Å². The van der Waals surface area contributed by atoms with Crippen LogP contribution in [0.5, 0.6) is 0 Å². The normalized spacial score (nSPS) is 22.5. The van der Waals surface area contributed by atoms with Gasteiger partial charge in [0.1, 0.15) is 6.33 Å². The number of carbonyl (C=O) groups is 2. The number of aryl methyl sites for hydroxylation is 1. The summed E-state index contributed by atoms with van der Waals surface area (Å²) in [5, 5.41) is 18.4. The van der Waals surface area contributed by atoms with Gasteiger partial charge in [0.2, 0.25) is 0 Å². The lowest BCUT2D eigenvalue weighted by molar-refractivity contribution is -0.268. The molecule has 4 aromatic rings. The molecule has 4 atom stereocenters. The Kier molecular flexibility index (Phi) is 7.24. The van der Waals surface area contributed by atoms with E-state index in [1.807, 2.05) is 41.9 Å². The number of rotatable bonds is 7. The quantitative estimate of drug-likeness (QED) is 0.258. The molecule has 1 aromatic heterocycles. The number of anilines is 1. The van der Waals surface area contributed by atoms with Gasteiger partial charge in [0.15, 0.2) is 11.4 Å². The van der Waals surface area contributed by atoms with Crippen molar-refractivity contribution in [2.24, 2.45) is 13.0 Å². The third-order valence-corrected chi connectivity index (χ3v) is 8.49. The first-order valence-corrected chi connectivity index (χ1v) is 14.0. The number of imide groups is 1. The Morgan fingerprint density at radius 1 is 0.925 bits per heavy atom. The molecule has 1 saturated heterocycles. The molecule has 0 aliphatic carbocycles. The minimum Gasteiger partial charge on any atom is -0.392 e. The largest absolute Gasteiger partial charge is 0.392 e. The highest BCUT2D eigenvalue weighted by Crippen LogP contribution is 2.43. The van der Waals surface area contributed by atoms with Crippen LogP contribution in [0.2, 0.25) is 0 Å². The Morgan fingerprint density at radius 3 is 2.30 bits per heavy atom. The van der Waals surface area contributed by atoms with Crippen LogP contribution in [-0.2, 0) is 23.1 Å². The number of fused-ring (bicyclic) bond motifs is 1. The van der Waals surface area contributed by atoms with Crippen molar-refractivity contribution in [1.82, 2.24) is 14.8 Å². The van der Waals surface area contributed by atoms with Crippen molar-refractivity contribution in [2.75, 3.05) is 10.7 Å². The molecular formula is C30H28N4O5S. The summed E-state index contributed by atoms with van der Waals surface area (Å²) in [6.45, 7) is 2.06. The lowest BCUT2D eigenvalue weighted by atomic mass is 9.91. The molecule has 6 rings (SSSR count). The maximum atomic E-state index is 13.1. The zero-order valence-electron chi connectivity index (χ0n) is 22.0. The second kappa shape index (κ2) is 11.0. The fourth-order valence-electron chi connectivity index (χ4n) is 5.10. The van der Waals surface area contributed by atoms with Gasteiger partial charge in [-0.25, -0.2) is 4.90 Å². The summed E-state index contributed by atoms with van der Waals surface area (Å²) in [6.07, 6.45) is 0.430. The first-order chi connectivity index (χ1) is 19.4. The monoisotopic (exact) mass is 556 g/mol. The SMILES string of the molecule is CC1C(CSc2nncn2C)OC(c2cccc(N3C(=O)c4ccccc4C3=O)c2)OC1c1ccc(CO)cc1. The first-order valence-electron chi connectivity index (χ1n) is 13.0. The summed E-state index contributed by atoms with van der Waals surface area (Å²) >= 11 is 1.56. The predicted molar refractivity (Wildman–Crippen MR) is 149 cm³/mol. The van der Waals surface area contributed by atoms with Crippen molar-refractivity contribution in [3.05, 3.63) is 107 Å². The molecule has 40 heavy (non-hydrogen) atoms. The Bertz CT molecular complexity index is 1520. The summed E-state index contributed by atoms with van der Waals surface area (Å²) < 4.78 is 14.9. The van der Waals surface area contributed by atoms with Crippen molar-refractivity contribution in [3.63, 3.8) is 0 Å². The highest BCUT2D eigenvalue weighted by atomic mass is 32.2. The van der Waals surface area contributed by atoms with E-state index in [9.17, 15) is 14.7 Å². The molecule has 10 heteroatoms. The van der Waals surface area contributed by atoms with Gasteiger partial charge < -0.3 is 19.1 Å². The van der Waals surface area contributed by atoms with Crippen LogP contribution in [0, 0.1) is 5.92 Å². The van der Waals surface area contributed by atoms with E-state index in [1.54, 1.807) is 60.6 Å². The molecule has 9 nitrogen and oxygen atoms in total. The molecule has 1 N–H and O–H groups in total. The number of thioether (sulfide) groups is 1. The summed E-state index contributed by atoms with van der Waals surface area (Å²) in [7, 11) is 1.90. The van der Waals surface area contributed by atoms with E-state index in [0.29, 0.717) is 28.1 Å². The van der Waals surface area contributed by atoms with E-state index in [0.717, 1.165) is 16.3 Å². The van der Waals surface area contributed by atoms with Gasteiger partial charge in [-0.2, -0.15) is 0 Å². The summed E-state index contributed by atoms with van der Waals surface area (Å²) in [4.78, 5) is 27.4.